The minimum absolute atomic E-state index is 0.0589. The fourth-order valence-electron chi connectivity index (χ4n) is 2.11. The zero-order valence-corrected chi connectivity index (χ0v) is 14.4. The van der Waals surface area contributed by atoms with Crippen LogP contribution >= 0.6 is 10.2 Å². The van der Waals surface area contributed by atoms with Gasteiger partial charge in [-0.3, -0.25) is 4.21 Å². The average molecular weight is 385 g/mol. The van der Waals surface area contributed by atoms with Gasteiger partial charge in [-0.1, -0.05) is 37.6 Å². The van der Waals surface area contributed by atoms with Crippen LogP contribution in [0.15, 0.2) is 58.3 Å². The van der Waals surface area contributed by atoms with Gasteiger partial charge in [-0.25, -0.2) is 0 Å². The van der Waals surface area contributed by atoms with Gasteiger partial charge in [0, 0.05) is 33.7 Å². The van der Waals surface area contributed by atoms with Crippen LogP contribution in [-0.2, 0) is 10.8 Å². The highest BCUT2D eigenvalue weighted by molar-refractivity contribution is 8.45. The van der Waals surface area contributed by atoms with E-state index in [0.717, 1.165) is 11.6 Å². The third-order valence-electron chi connectivity index (χ3n) is 3.37. The van der Waals surface area contributed by atoms with E-state index in [9.17, 15) is 23.6 Å². The predicted octanol–water partition coefficient (Wildman–Crippen LogP) is 6.25. The van der Waals surface area contributed by atoms with E-state index in [2.05, 4.69) is 5.32 Å². The smallest absolute Gasteiger partial charge is 0.310 e. The summed E-state index contributed by atoms with van der Waals surface area (Å²) in [5.41, 5.74) is 0.665. The van der Waals surface area contributed by atoms with Crippen molar-refractivity contribution < 1.29 is 23.6 Å². The number of hydrogen-bond acceptors (Lipinski definition) is 2. The Hall–Kier alpha value is -1.61. The SMILES string of the molecule is C[C@@H](Nc1cccc(S(F)(F)(F)(F)F)c1)c1ccc([S@@](C)=O)cc1. The molecular weight excluding hydrogens is 369 g/mol. The van der Waals surface area contributed by atoms with Crippen molar-refractivity contribution in [3.63, 3.8) is 0 Å². The molecule has 2 rings (SSSR count). The highest BCUT2D eigenvalue weighted by atomic mass is 32.5. The maximum absolute atomic E-state index is 12.9. The van der Waals surface area contributed by atoms with Gasteiger partial charge >= 0.3 is 10.2 Å². The van der Waals surface area contributed by atoms with Crippen LogP contribution in [0, 0.1) is 0 Å². The number of halogens is 5. The van der Waals surface area contributed by atoms with Crippen molar-refractivity contribution in [2.24, 2.45) is 0 Å². The standard InChI is InChI=1S/C15H16F5NOS2/c1-11(12-6-8-14(9-7-12)23(2)22)21-13-4-3-5-15(10-13)24(16,17,18,19)20/h3-11,21H,1-2H3/t11-,23-/m1/s1. The summed E-state index contributed by atoms with van der Waals surface area (Å²) >= 11 is 0. The molecule has 2 aromatic rings. The lowest BCUT2D eigenvalue weighted by Crippen LogP contribution is -2.09. The zero-order valence-electron chi connectivity index (χ0n) is 12.8. The van der Waals surface area contributed by atoms with Crippen LogP contribution in [0.5, 0.6) is 0 Å². The fourth-order valence-corrected chi connectivity index (χ4v) is 3.31. The first-order valence-electron chi connectivity index (χ1n) is 6.80. The fraction of sp³-hybridized carbons (Fsp3) is 0.200. The Morgan fingerprint density at radius 1 is 1.00 bits per heavy atom. The minimum Gasteiger partial charge on any atom is -0.378 e. The Balaban J connectivity index is 2.24. The third-order valence-corrected chi connectivity index (χ3v) is 5.46. The Morgan fingerprint density at radius 3 is 2.08 bits per heavy atom. The highest BCUT2D eigenvalue weighted by Crippen LogP contribution is 3.02. The molecule has 134 valence electrons. The molecule has 2 nitrogen and oxygen atoms in total. The molecule has 0 spiro atoms. The van der Waals surface area contributed by atoms with E-state index in [1.54, 1.807) is 31.2 Å². The van der Waals surface area contributed by atoms with E-state index in [0.29, 0.717) is 17.0 Å². The highest BCUT2D eigenvalue weighted by Gasteiger charge is 2.65. The first-order chi connectivity index (χ1) is 10.8. The molecule has 0 unspecified atom stereocenters. The molecule has 0 bridgehead atoms. The largest absolute Gasteiger partial charge is 0.378 e. The summed E-state index contributed by atoms with van der Waals surface area (Å²) < 4.78 is 75.6. The van der Waals surface area contributed by atoms with Crippen LogP contribution in [0.25, 0.3) is 0 Å². The van der Waals surface area contributed by atoms with Gasteiger partial charge in [-0.05, 0) is 42.8 Å². The molecule has 0 aliphatic heterocycles. The molecule has 0 amide bonds. The number of benzene rings is 2. The molecule has 24 heavy (non-hydrogen) atoms. The van der Waals surface area contributed by atoms with Crippen molar-refractivity contribution in [3.8, 4) is 0 Å². The summed E-state index contributed by atoms with van der Waals surface area (Å²) in [7, 11) is -10.8. The maximum atomic E-state index is 12.9. The van der Waals surface area contributed by atoms with E-state index in [1.807, 2.05) is 0 Å². The molecule has 0 saturated heterocycles. The van der Waals surface area contributed by atoms with Crippen molar-refractivity contribution in [2.75, 3.05) is 11.6 Å². The number of anilines is 1. The van der Waals surface area contributed by atoms with Crippen molar-refractivity contribution in [1.29, 1.82) is 0 Å². The Labute approximate surface area is 139 Å². The van der Waals surface area contributed by atoms with Crippen molar-refractivity contribution in [3.05, 3.63) is 54.1 Å². The predicted molar refractivity (Wildman–Crippen MR) is 88.7 cm³/mol. The van der Waals surface area contributed by atoms with Crippen molar-refractivity contribution in [1.82, 2.24) is 0 Å². The van der Waals surface area contributed by atoms with Gasteiger partial charge in [0.25, 0.3) is 0 Å². The maximum Gasteiger partial charge on any atom is 0.310 e. The monoisotopic (exact) mass is 385 g/mol. The molecular formula is C15H16F5NOS2. The number of hydrogen-bond donors (Lipinski definition) is 1. The van der Waals surface area contributed by atoms with E-state index >= 15 is 0 Å². The van der Waals surface area contributed by atoms with Gasteiger partial charge in [0.1, 0.15) is 4.90 Å². The van der Waals surface area contributed by atoms with Crippen LogP contribution < -0.4 is 5.32 Å². The summed E-state index contributed by atoms with van der Waals surface area (Å²) in [5.74, 6) is 0. The van der Waals surface area contributed by atoms with Crippen LogP contribution in [0.1, 0.15) is 18.5 Å². The second-order valence-electron chi connectivity index (χ2n) is 5.39. The summed E-state index contributed by atoms with van der Waals surface area (Å²) in [6, 6.07) is 9.24. The topological polar surface area (TPSA) is 29.1 Å². The first kappa shape index (κ1) is 18.7. The van der Waals surface area contributed by atoms with Crippen LogP contribution in [0.4, 0.5) is 25.1 Å². The number of rotatable bonds is 5. The van der Waals surface area contributed by atoms with Crippen molar-refractivity contribution >= 4 is 26.7 Å². The van der Waals surface area contributed by atoms with Gasteiger partial charge in [-0.15, -0.1) is 0 Å². The third kappa shape index (κ3) is 4.70. The molecule has 0 aliphatic rings. The molecule has 0 radical (unpaired) electrons. The van der Waals surface area contributed by atoms with E-state index < -0.39 is 32.0 Å². The summed E-state index contributed by atoms with van der Waals surface area (Å²) in [5, 5.41) is 2.76. The lowest BCUT2D eigenvalue weighted by Gasteiger charge is -2.40. The van der Waals surface area contributed by atoms with Gasteiger partial charge < -0.3 is 5.32 Å². The number of nitrogens with one attached hydrogen (secondary N) is 1. The summed E-state index contributed by atoms with van der Waals surface area (Å²) in [6.07, 6.45) is 1.53. The molecule has 0 heterocycles. The Bertz CT molecular complexity index is 775. The minimum atomic E-state index is -9.70. The van der Waals surface area contributed by atoms with Gasteiger partial charge in [-0.2, -0.15) is 0 Å². The lowest BCUT2D eigenvalue weighted by molar-refractivity contribution is 0.364. The second kappa shape index (κ2) is 5.45. The zero-order chi connectivity index (χ0) is 18.2. The van der Waals surface area contributed by atoms with Crippen LogP contribution in [0.2, 0.25) is 0 Å². The average Bonchev–Trinajstić information content (AvgIpc) is 2.45. The molecule has 0 fully saturated rings. The Kier molecular flexibility index (Phi) is 4.25. The normalized spacial score (nSPS) is 17.5. The van der Waals surface area contributed by atoms with Gasteiger partial charge in [0.2, 0.25) is 0 Å². The van der Waals surface area contributed by atoms with E-state index in [4.69, 9.17) is 0 Å². The molecule has 9 heteroatoms. The molecule has 0 aliphatic carbocycles. The van der Waals surface area contributed by atoms with Crippen molar-refractivity contribution in [2.45, 2.75) is 22.8 Å². The summed E-state index contributed by atoms with van der Waals surface area (Å²) in [4.78, 5) is -1.31. The van der Waals surface area contributed by atoms with E-state index in [1.165, 1.54) is 12.3 Å². The van der Waals surface area contributed by atoms with Gasteiger partial charge in [0.15, 0.2) is 0 Å². The molecule has 1 N–H and O–H groups in total. The lowest BCUT2D eigenvalue weighted by atomic mass is 10.1. The second-order valence-corrected chi connectivity index (χ2v) is 9.17. The summed E-state index contributed by atoms with van der Waals surface area (Å²) in [6.45, 7) is 1.68. The molecule has 0 saturated carbocycles. The van der Waals surface area contributed by atoms with E-state index in [-0.39, 0.29) is 5.69 Å². The van der Waals surface area contributed by atoms with Crippen LogP contribution in [-0.4, -0.2) is 10.5 Å². The molecule has 0 aromatic heterocycles. The first-order valence-corrected chi connectivity index (χ1v) is 10.3. The molecule has 2 aromatic carbocycles. The molecule has 2 atom stereocenters. The van der Waals surface area contributed by atoms with Gasteiger partial charge in [0.05, 0.1) is 0 Å². The van der Waals surface area contributed by atoms with Crippen LogP contribution in [0.3, 0.4) is 0 Å². The quantitative estimate of drug-likeness (QED) is 0.616. The Morgan fingerprint density at radius 2 is 1.58 bits per heavy atom.